The summed E-state index contributed by atoms with van der Waals surface area (Å²) in [7, 11) is 0. The van der Waals surface area contributed by atoms with Gasteiger partial charge in [-0.05, 0) is 41.3 Å². The van der Waals surface area contributed by atoms with Crippen molar-refractivity contribution in [2.45, 2.75) is 32.6 Å². The number of benzene rings is 3. The van der Waals surface area contributed by atoms with Crippen molar-refractivity contribution in [1.82, 2.24) is 14.8 Å². The quantitative estimate of drug-likeness (QED) is 0.328. The summed E-state index contributed by atoms with van der Waals surface area (Å²) < 4.78 is 27.7. The zero-order chi connectivity index (χ0) is 24.2. The molecule has 35 heavy (non-hydrogen) atoms. The molecule has 4 nitrogen and oxygen atoms in total. The molecule has 1 aliphatic rings. The van der Waals surface area contributed by atoms with Crippen LogP contribution in [0.3, 0.4) is 0 Å². The number of thiazole rings is 1. The van der Waals surface area contributed by atoms with Crippen LogP contribution in [0, 0.1) is 11.6 Å². The molecule has 4 aromatic rings. The Morgan fingerprint density at radius 2 is 1.66 bits per heavy atom. The molecule has 0 saturated carbocycles. The van der Waals surface area contributed by atoms with Crippen molar-refractivity contribution in [3.8, 4) is 0 Å². The van der Waals surface area contributed by atoms with E-state index in [1.807, 2.05) is 23.1 Å². The summed E-state index contributed by atoms with van der Waals surface area (Å²) in [5, 5.41) is 2.58. The Kier molecular flexibility index (Phi) is 6.97. The van der Waals surface area contributed by atoms with Crippen molar-refractivity contribution in [2.75, 3.05) is 6.54 Å². The Balaban J connectivity index is 1.31. The van der Waals surface area contributed by atoms with E-state index >= 15 is 0 Å². The molecule has 1 amide bonds. The molecule has 178 valence electrons. The Bertz CT molecular complexity index is 1320. The van der Waals surface area contributed by atoms with Gasteiger partial charge < -0.3 is 4.90 Å². The van der Waals surface area contributed by atoms with Crippen LogP contribution in [0.1, 0.15) is 37.7 Å². The van der Waals surface area contributed by atoms with Gasteiger partial charge in [0.2, 0.25) is 0 Å². The Morgan fingerprint density at radius 3 is 2.46 bits per heavy atom. The molecule has 3 aromatic carbocycles. The number of rotatable bonds is 7. The van der Waals surface area contributed by atoms with Crippen LogP contribution < -0.4 is 0 Å². The Labute approximate surface area is 207 Å². The predicted molar refractivity (Wildman–Crippen MR) is 133 cm³/mol. The SMILES string of the molecule is O=C(c1csc(CN(Cc2ccc(F)cc2)Cc2ccccc2F)n1)N1CCc2ccccc2C1. The van der Waals surface area contributed by atoms with Gasteiger partial charge in [-0.25, -0.2) is 13.8 Å². The van der Waals surface area contributed by atoms with E-state index in [1.165, 1.54) is 40.7 Å². The summed E-state index contributed by atoms with van der Waals surface area (Å²) in [5.74, 6) is -0.629. The van der Waals surface area contributed by atoms with Crippen LogP contribution in [-0.2, 0) is 32.6 Å². The lowest BCUT2D eigenvalue weighted by Crippen LogP contribution is -2.36. The van der Waals surface area contributed by atoms with Gasteiger partial charge in [0, 0.05) is 37.1 Å². The number of hydrogen-bond donors (Lipinski definition) is 0. The normalized spacial score (nSPS) is 13.2. The lowest BCUT2D eigenvalue weighted by Gasteiger charge is -2.28. The first-order valence-corrected chi connectivity index (χ1v) is 12.4. The average molecular weight is 490 g/mol. The summed E-state index contributed by atoms with van der Waals surface area (Å²) in [6.45, 7) is 2.58. The molecule has 0 N–H and O–H groups in total. The fourth-order valence-electron chi connectivity index (χ4n) is 4.39. The lowest BCUT2D eigenvalue weighted by molar-refractivity contribution is 0.0729. The minimum absolute atomic E-state index is 0.0683. The minimum atomic E-state index is -0.294. The van der Waals surface area contributed by atoms with Gasteiger partial charge in [0.05, 0.1) is 6.54 Å². The van der Waals surface area contributed by atoms with Crippen LogP contribution >= 0.6 is 11.3 Å². The topological polar surface area (TPSA) is 36.4 Å². The number of carbonyl (C=O) groups is 1. The van der Waals surface area contributed by atoms with Crippen molar-refractivity contribution in [1.29, 1.82) is 0 Å². The number of fused-ring (bicyclic) bond motifs is 1. The van der Waals surface area contributed by atoms with Gasteiger partial charge in [-0.15, -0.1) is 11.3 Å². The minimum Gasteiger partial charge on any atom is -0.333 e. The Hall–Kier alpha value is -3.42. The maximum atomic E-state index is 14.4. The van der Waals surface area contributed by atoms with E-state index in [2.05, 4.69) is 22.0 Å². The third kappa shape index (κ3) is 5.63. The van der Waals surface area contributed by atoms with E-state index in [9.17, 15) is 13.6 Å². The third-order valence-electron chi connectivity index (χ3n) is 6.22. The van der Waals surface area contributed by atoms with E-state index in [1.54, 1.807) is 29.6 Å². The van der Waals surface area contributed by atoms with Gasteiger partial charge in [0.25, 0.3) is 5.91 Å². The van der Waals surface area contributed by atoms with Gasteiger partial charge in [0.1, 0.15) is 22.3 Å². The first-order chi connectivity index (χ1) is 17.0. The van der Waals surface area contributed by atoms with E-state index in [4.69, 9.17) is 0 Å². The number of hydrogen-bond acceptors (Lipinski definition) is 4. The fraction of sp³-hybridized carbons (Fsp3) is 0.214. The number of nitrogens with zero attached hydrogens (tertiary/aromatic N) is 3. The van der Waals surface area contributed by atoms with Crippen LogP contribution in [0.15, 0.2) is 78.2 Å². The van der Waals surface area contributed by atoms with Crippen molar-refractivity contribution < 1.29 is 13.6 Å². The lowest BCUT2D eigenvalue weighted by atomic mass is 10.00. The smallest absolute Gasteiger partial charge is 0.273 e. The molecule has 7 heteroatoms. The fourth-order valence-corrected chi connectivity index (χ4v) is 5.20. The summed E-state index contributed by atoms with van der Waals surface area (Å²) >= 11 is 1.43. The van der Waals surface area contributed by atoms with Crippen LogP contribution in [0.5, 0.6) is 0 Å². The van der Waals surface area contributed by atoms with Crippen molar-refractivity contribution in [3.05, 3.63) is 123 Å². The molecule has 5 rings (SSSR count). The highest BCUT2D eigenvalue weighted by molar-refractivity contribution is 7.09. The number of aromatic nitrogens is 1. The van der Waals surface area contributed by atoms with Crippen LogP contribution in [0.2, 0.25) is 0 Å². The highest BCUT2D eigenvalue weighted by Crippen LogP contribution is 2.23. The second-order valence-corrected chi connectivity index (χ2v) is 9.68. The van der Waals surface area contributed by atoms with Crippen molar-refractivity contribution >= 4 is 17.2 Å². The van der Waals surface area contributed by atoms with Gasteiger partial charge in [-0.2, -0.15) is 0 Å². The maximum Gasteiger partial charge on any atom is 0.273 e. The maximum absolute atomic E-state index is 14.4. The first kappa shape index (κ1) is 23.3. The zero-order valence-electron chi connectivity index (χ0n) is 19.2. The van der Waals surface area contributed by atoms with E-state index in [0.29, 0.717) is 44.0 Å². The molecule has 1 aromatic heterocycles. The van der Waals surface area contributed by atoms with E-state index in [0.717, 1.165) is 17.0 Å². The molecule has 0 saturated heterocycles. The largest absolute Gasteiger partial charge is 0.333 e. The highest BCUT2D eigenvalue weighted by atomic mass is 32.1. The standard InChI is InChI=1S/C28H25F2N3OS/c29-24-11-9-20(10-12-24)15-32(16-23-7-3-4-8-25(23)30)18-27-31-26(19-35-27)28(34)33-14-13-21-5-1-2-6-22(21)17-33/h1-12,19H,13-18H2. The van der Waals surface area contributed by atoms with Crippen molar-refractivity contribution in [3.63, 3.8) is 0 Å². The summed E-state index contributed by atoms with van der Waals surface area (Å²) in [4.78, 5) is 21.7. The second kappa shape index (κ2) is 10.5. The summed E-state index contributed by atoms with van der Waals surface area (Å²) in [5.41, 5.74) is 4.41. The van der Waals surface area contributed by atoms with Gasteiger partial charge in [-0.1, -0.05) is 54.6 Å². The summed E-state index contributed by atoms with van der Waals surface area (Å²) in [6.07, 6.45) is 0.840. The number of halogens is 2. The van der Waals surface area contributed by atoms with Gasteiger partial charge in [-0.3, -0.25) is 9.69 Å². The Morgan fingerprint density at radius 1 is 0.914 bits per heavy atom. The average Bonchev–Trinajstić information content (AvgIpc) is 3.34. The van der Waals surface area contributed by atoms with Crippen LogP contribution in [0.25, 0.3) is 0 Å². The molecular formula is C28H25F2N3OS. The van der Waals surface area contributed by atoms with Gasteiger partial charge >= 0.3 is 0 Å². The van der Waals surface area contributed by atoms with Gasteiger partial charge in [0.15, 0.2) is 0 Å². The molecule has 0 aliphatic carbocycles. The second-order valence-electron chi connectivity index (χ2n) is 8.73. The van der Waals surface area contributed by atoms with Crippen LogP contribution in [0.4, 0.5) is 8.78 Å². The molecular weight excluding hydrogens is 464 g/mol. The summed E-state index contributed by atoms with van der Waals surface area (Å²) in [6, 6.07) is 21.2. The van der Waals surface area contributed by atoms with E-state index in [-0.39, 0.29) is 17.5 Å². The molecule has 0 radical (unpaired) electrons. The van der Waals surface area contributed by atoms with E-state index < -0.39 is 0 Å². The highest BCUT2D eigenvalue weighted by Gasteiger charge is 2.24. The molecule has 0 spiro atoms. The molecule has 0 bridgehead atoms. The molecule has 0 fully saturated rings. The number of amides is 1. The predicted octanol–water partition coefficient (Wildman–Crippen LogP) is 5.82. The number of carbonyl (C=O) groups excluding carboxylic acids is 1. The monoisotopic (exact) mass is 489 g/mol. The molecule has 2 heterocycles. The van der Waals surface area contributed by atoms with Crippen LogP contribution in [-0.4, -0.2) is 27.2 Å². The zero-order valence-corrected chi connectivity index (χ0v) is 20.0. The molecule has 1 aliphatic heterocycles. The molecule has 0 atom stereocenters. The first-order valence-electron chi connectivity index (χ1n) is 11.6. The molecule has 0 unspecified atom stereocenters. The van der Waals surface area contributed by atoms with Crippen molar-refractivity contribution in [2.24, 2.45) is 0 Å². The third-order valence-corrected chi connectivity index (χ3v) is 7.05.